The third kappa shape index (κ3) is 5.41. The van der Waals surface area contributed by atoms with Gasteiger partial charge in [-0.3, -0.25) is 9.03 Å². The van der Waals surface area contributed by atoms with Crippen molar-refractivity contribution in [2.75, 3.05) is 22.7 Å². The number of methoxy groups -OCH3 is 1. The average Bonchev–Trinajstić information content (AvgIpc) is 2.73. The lowest BCUT2D eigenvalue weighted by atomic mass is 10.3. The number of para-hydroxylation sites is 1. The number of hydrogen-bond donors (Lipinski definition) is 1. The molecule has 3 aromatic rings. The Labute approximate surface area is 211 Å². The summed E-state index contributed by atoms with van der Waals surface area (Å²) >= 11 is 15.4. The fourth-order valence-corrected chi connectivity index (χ4v) is 7.62. The Balaban J connectivity index is 2.08. The van der Waals surface area contributed by atoms with Gasteiger partial charge in [0, 0.05) is 11.0 Å². The smallest absolute Gasteiger partial charge is 0.265 e. The van der Waals surface area contributed by atoms with Gasteiger partial charge in [-0.2, -0.15) is 0 Å². The largest absolute Gasteiger partial charge is 0.495 e. The highest BCUT2D eigenvalue weighted by atomic mass is 79.9. The number of benzene rings is 3. The van der Waals surface area contributed by atoms with E-state index in [0.29, 0.717) is 10.2 Å². The summed E-state index contributed by atoms with van der Waals surface area (Å²) in [5, 5.41) is -0.211. The fraction of sp³-hybridized carbons (Fsp3) is 0.143. The Morgan fingerprint density at radius 3 is 2.12 bits per heavy atom. The summed E-state index contributed by atoms with van der Waals surface area (Å²) in [4.78, 5) is -0.469. The Hall–Kier alpha value is -1.98. The van der Waals surface area contributed by atoms with Crippen molar-refractivity contribution < 1.29 is 21.6 Å². The molecule has 0 bridgehead atoms. The van der Waals surface area contributed by atoms with Crippen LogP contribution in [0.3, 0.4) is 0 Å². The minimum Gasteiger partial charge on any atom is -0.495 e. The summed E-state index contributed by atoms with van der Waals surface area (Å²) in [7, 11) is -6.96. The van der Waals surface area contributed by atoms with E-state index in [-0.39, 0.29) is 37.8 Å². The van der Waals surface area contributed by atoms with Crippen LogP contribution in [0.25, 0.3) is 0 Å². The quantitative estimate of drug-likeness (QED) is 0.357. The molecule has 7 nitrogen and oxygen atoms in total. The van der Waals surface area contributed by atoms with Crippen molar-refractivity contribution in [1.82, 2.24) is 0 Å². The molecule has 0 heterocycles. The van der Waals surface area contributed by atoms with Crippen LogP contribution >= 0.6 is 39.1 Å². The van der Waals surface area contributed by atoms with Crippen molar-refractivity contribution in [2.45, 2.75) is 16.7 Å². The van der Waals surface area contributed by atoms with Gasteiger partial charge in [0.05, 0.1) is 33.4 Å². The van der Waals surface area contributed by atoms with Crippen LogP contribution in [0.2, 0.25) is 10.0 Å². The first-order valence-electron chi connectivity index (χ1n) is 9.44. The van der Waals surface area contributed by atoms with E-state index in [2.05, 4.69) is 20.7 Å². The highest BCUT2D eigenvalue weighted by Crippen LogP contribution is 2.36. The minimum atomic E-state index is -4.29. The number of ether oxygens (including phenoxy) is 1. The maximum Gasteiger partial charge on any atom is 0.265 e. The second-order valence-corrected chi connectivity index (χ2v) is 11.9. The molecule has 0 amide bonds. The minimum absolute atomic E-state index is 0.0854. The summed E-state index contributed by atoms with van der Waals surface area (Å²) in [5.41, 5.74) is 0.393. The van der Waals surface area contributed by atoms with Gasteiger partial charge in [0.1, 0.15) is 10.6 Å². The molecule has 0 aliphatic heterocycles. The van der Waals surface area contributed by atoms with Crippen LogP contribution in [0.15, 0.2) is 74.9 Å². The van der Waals surface area contributed by atoms with Crippen LogP contribution in [-0.2, 0) is 20.0 Å². The molecular formula is C21H19BrCl2N2O5S2. The maximum absolute atomic E-state index is 13.4. The first-order valence-corrected chi connectivity index (χ1v) is 13.9. The van der Waals surface area contributed by atoms with Crippen molar-refractivity contribution in [2.24, 2.45) is 0 Å². The van der Waals surface area contributed by atoms with Crippen LogP contribution in [0.1, 0.15) is 6.92 Å². The third-order valence-electron chi connectivity index (χ3n) is 4.57. The molecule has 0 unspecified atom stereocenters. The monoisotopic (exact) mass is 592 g/mol. The molecule has 1 N–H and O–H groups in total. The summed E-state index contributed by atoms with van der Waals surface area (Å²) in [6, 6.07) is 15.3. The van der Waals surface area contributed by atoms with Gasteiger partial charge in [-0.25, -0.2) is 16.8 Å². The number of nitrogens with one attached hydrogen (secondary N) is 1. The van der Waals surface area contributed by atoms with Gasteiger partial charge >= 0.3 is 0 Å². The zero-order valence-corrected chi connectivity index (χ0v) is 22.2. The zero-order valence-electron chi connectivity index (χ0n) is 17.4. The van der Waals surface area contributed by atoms with Crippen molar-refractivity contribution in [1.29, 1.82) is 0 Å². The Morgan fingerprint density at radius 1 is 0.970 bits per heavy atom. The SMILES string of the molecule is CCN(c1ccccc1)S(=O)(=O)c1ccc(OC)c(NS(=O)(=O)c2c(Cl)cc(Br)cc2Cl)c1. The predicted octanol–water partition coefficient (Wildman–Crippen LogP) is 5.78. The molecular weight excluding hydrogens is 575 g/mol. The van der Waals surface area contributed by atoms with E-state index in [9.17, 15) is 16.8 Å². The number of hydrogen-bond acceptors (Lipinski definition) is 5. The van der Waals surface area contributed by atoms with Crippen molar-refractivity contribution >= 4 is 70.6 Å². The molecule has 176 valence electrons. The Morgan fingerprint density at radius 2 is 1.58 bits per heavy atom. The predicted molar refractivity (Wildman–Crippen MR) is 135 cm³/mol. The Bertz CT molecular complexity index is 1360. The number of rotatable bonds is 8. The van der Waals surface area contributed by atoms with Gasteiger partial charge in [0.15, 0.2) is 0 Å². The second kappa shape index (κ2) is 10.1. The van der Waals surface area contributed by atoms with E-state index < -0.39 is 20.0 Å². The Kier molecular flexibility index (Phi) is 7.85. The molecule has 0 atom stereocenters. The van der Waals surface area contributed by atoms with Crippen molar-refractivity contribution in [3.63, 3.8) is 0 Å². The molecule has 3 aromatic carbocycles. The average molecular weight is 594 g/mol. The molecule has 0 aliphatic carbocycles. The first kappa shape index (κ1) is 25.6. The van der Waals surface area contributed by atoms with Crippen molar-refractivity contribution in [3.05, 3.63) is 75.2 Å². The van der Waals surface area contributed by atoms with E-state index in [1.165, 1.54) is 41.7 Å². The number of halogens is 3. The van der Waals surface area contributed by atoms with E-state index in [1.807, 2.05) is 0 Å². The molecule has 0 radical (unpaired) electrons. The second-order valence-electron chi connectivity index (χ2n) is 6.67. The molecule has 33 heavy (non-hydrogen) atoms. The summed E-state index contributed by atoms with van der Waals surface area (Å²) in [6.07, 6.45) is 0. The van der Waals surface area contributed by atoms with Crippen molar-refractivity contribution in [3.8, 4) is 5.75 Å². The molecule has 0 spiro atoms. The van der Waals surface area contributed by atoms with E-state index >= 15 is 0 Å². The fourth-order valence-electron chi connectivity index (χ4n) is 3.12. The summed E-state index contributed by atoms with van der Waals surface area (Å²) < 4.78 is 62.2. The molecule has 0 aromatic heterocycles. The number of sulfonamides is 2. The highest BCUT2D eigenvalue weighted by molar-refractivity contribution is 9.10. The van der Waals surface area contributed by atoms with Gasteiger partial charge in [0.25, 0.3) is 20.0 Å². The van der Waals surface area contributed by atoms with Gasteiger partial charge in [-0.15, -0.1) is 0 Å². The lowest BCUT2D eigenvalue weighted by molar-refractivity contribution is 0.416. The standard InChI is InChI=1S/C21H19BrCl2N2O5S2/c1-3-26(15-7-5-4-6-8-15)33(29,30)16-9-10-20(31-2)19(13-16)25-32(27,28)21-17(23)11-14(22)12-18(21)24/h4-13,25H,3H2,1-2H3. The molecule has 0 aliphatic rings. The van der Waals surface area contributed by atoms with E-state index in [1.54, 1.807) is 37.3 Å². The van der Waals surface area contributed by atoms with Crippen LogP contribution in [0, 0.1) is 0 Å². The molecule has 0 fully saturated rings. The van der Waals surface area contributed by atoms with Gasteiger partial charge in [-0.05, 0) is 49.4 Å². The summed E-state index contributed by atoms with van der Waals surface area (Å²) in [5.74, 6) is 0.115. The normalized spacial score (nSPS) is 11.8. The van der Waals surface area contributed by atoms with E-state index in [0.717, 1.165) is 0 Å². The maximum atomic E-state index is 13.4. The lowest BCUT2D eigenvalue weighted by Gasteiger charge is -2.23. The molecule has 12 heteroatoms. The van der Waals surface area contributed by atoms with Gasteiger partial charge in [-0.1, -0.05) is 57.3 Å². The highest BCUT2D eigenvalue weighted by Gasteiger charge is 2.27. The topological polar surface area (TPSA) is 92.8 Å². The number of nitrogens with zero attached hydrogens (tertiary/aromatic N) is 1. The molecule has 0 saturated heterocycles. The first-order chi connectivity index (χ1) is 15.5. The molecule has 3 rings (SSSR count). The van der Waals surface area contributed by atoms with Crippen LogP contribution < -0.4 is 13.8 Å². The van der Waals surface area contributed by atoms with E-state index in [4.69, 9.17) is 27.9 Å². The summed E-state index contributed by atoms with van der Waals surface area (Å²) in [6.45, 7) is 1.87. The lowest BCUT2D eigenvalue weighted by Crippen LogP contribution is -2.30. The zero-order chi connectivity index (χ0) is 24.4. The van der Waals surface area contributed by atoms with Gasteiger partial charge in [0.2, 0.25) is 0 Å². The number of anilines is 2. The molecule has 0 saturated carbocycles. The van der Waals surface area contributed by atoms with Crippen LogP contribution in [0.5, 0.6) is 5.75 Å². The van der Waals surface area contributed by atoms with Crippen LogP contribution in [-0.4, -0.2) is 30.5 Å². The third-order valence-corrected chi connectivity index (χ3v) is 9.21. The van der Waals surface area contributed by atoms with Gasteiger partial charge < -0.3 is 4.74 Å². The van der Waals surface area contributed by atoms with Crippen LogP contribution in [0.4, 0.5) is 11.4 Å².